The molecule has 2 rings (SSSR count). The van der Waals surface area contributed by atoms with E-state index in [2.05, 4.69) is 32.9 Å². The summed E-state index contributed by atoms with van der Waals surface area (Å²) in [4.78, 5) is 14.4. The van der Waals surface area contributed by atoms with Crippen LogP contribution in [0.3, 0.4) is 0 Å². The van der Waals surface area contributed by atoms with Crippen molar-refractivity contribution >= 4 is 21.6 Å². The molecular weight excluding hydrogens is 308 g/mol. The highest BCUT2D eigenvalue weighted by Gasteiger charge is 2.26. The van der Waals surface area contributed by atoms with Crippen molar-refractivity contribution in [3.63, 3.8) is 0 Å². The van der Waals surface area contributed by atoms with E-state index in [1.54, 1.807) is 6.20 Å². The van der Waals surface area contributed by atoms with Crippen LogP contribution >= 0.6 is 15.9 Å². The molecule has 6 heteroatoms. The number of halogens is 1. The topological polar surface area (TPSA) is 64.2 Å². The van der Waals surface area contributed by atoms with E-state index in [-0.39, 0.29) is 11.6 Å². The molecule has 19 heavy (non-hydrogen) atoms. The van der Waals surface area contributed by atoms with Crippen LogP contribution in [0.5, 0.6) is 0 Å². The number of hydrogen-bond acceptors (Lipinski definition) is 4. The van der Waals surface area contributed by atoms with Gasteiger partial charge in [-0.2, -0.15) is 5.10 Å². The maximum Gasteiger partial charge on any atom is 0.283 e. The maximum atomic E-state index is 12.2. The molecule has 0 bridgehead atoms. The molecule has 2 N–H and O–H groups in total. The van der Waals surface area contributed by atoms with Gasteiger partial charge in [0.1, 0.15) is 4.47 Å². The minimum Gasteiger partial charge on any atom is -0.366 e. The van der Waals surface area contributed by atoms with Gasteiger partial charge in [-0.3, -0.25) is 4.79 Å². The molecule has 2 atom stereocenters. The van der Waals surface area contributed by atoms with E-state index in [9.17, 15) is 4.79 Å². The molecule has 5 nitrogen and oxygen atoms in total. The lowest BCUT2D eigenvalue weighted by molar-refractivity contribution is 0.427. The third-order valence-corrected chi connectivity index (χ3v) is 4.37. The second kappa shape index (κ2) is 6.05. The summed E-state index contributed by atoms with van der Waals surface area (Å²) >= 11 is 3.43. The molecule has 1 aromatic rings. The fourth-order valence-electron chi connectivity index (χ4n) is 2.59. The maximum absolute atomic E-state index is 12.2. The van der Waals surface area contributed by atoms with Crippen LogP contribution in [0.15, 0.2) is 15.5 Å². The van der Waals surface area contributed by atoms with Crippen molar-refractivity contribution in [2.24, 2.45) is 5.73 Å². The first-order valence-corrected chi connectivity index (χ1v) is 7.61. The zero-order valence-corrected chi connectivity index (χ0v) is 13.1. The number of aromatic nitrogens is 2. The lowest BCUT2D eigenvalue weighted by Gasteiger charge is -2.38. The first kappa shape index (κ1) is 14.5. The Morgan fingerprint density at radius 2 is 2.32 bits per heavy atom. The van der Waals surface area contributed by atoms with Gasteiger partial charge in [-0.25, -0.2) is 4.68 Å². The van der Waals surface area contributed by atoms with Crippen LogP contribution in [0, 0.1) is 0 Å². The number of hydrogen-bond donors (Lipinski definition) is 1. The molecule has 1 fully saturated rings. The number of nitrogens with zero attached hydrogens (tertiary/aromatic N) is 3. The Hall–Kier alpha value is -0.880. The lowest BCUT2D eigenvalue weighted by Crippen LogP contribution is -2.46. The van der Waals surface area contributed by atoms with Crippen LogP contribution in [0.2, 0.25) is 0 Å². The number of rotatable bonds is 3. The Labute approximate surface area is 121 Å². The fraction of sp³-hybridized carbons (Fsp3) is 0.692. The van der Waals surface area contributed by atoms with E-state index in [1.807, 2.05) is 6.92 Å². The van der Waals surface area contributed by atoms with Gasteiger partial charge in [0.2, 0.25) is 0 Å². The predicted molar refractivity (Wildman–Crippen MR) is 80.5 cm³/mol. The average molecular weight is 329 g/mol. The van der Waals surface area contributed by atoms with Crippen molar-refractivity contribution in [3.8, 4) is 0 Å². The van der Waals surface area contributed by atoms with Crippen molar-refractivity contribution in [1.82, 2.24) is 9.78 Å². The van der Waals surface area contributed by atoms with Crippen molar-refractivity contribution < 1.29 is 0 Å². The van der Waals surface area contributed by atoms with Gasteiger partial charge in [0.05, 0.1) is 11.9 Å². The summed E-state index contributed by atoms with van der Waals surface area (Å²) in [6.45, 7) is 5.70. The molecule has 0 amide bonds. The molecule has 1 aliphatic rings. The third-order valence-electron chi connectivity index (χ3n) is 3.63. The summed E-state index contributed by atoms with van der Waals surface area (Å²) in [7, 11) is 0. The molecule has 0 radical (unpaired) electrons. The predicted octanol–water partition coefficient (Wildman–Crippen LogP) is 1.73. The largest absolute Gasteiger partial charge is 0.366 e. The molecule has 1 aliphatic heterocycles. The molecule has 0 saturated carbocycles. The van der Waals surface area contributed by atoms with Crippen molar-refractivity contribution in [3.05, 3.63) is 21.0 Å². The Balaban J connectivity index is 2.31. The summed E-state index contributed by atoms with van der Waals surface area (Å²) in [5, 5.41) is 4.26. The van der Waals surface area contributed by atoms with Gasteiger partial charge in [-0.15, -0.1) is 0 Å². The van der Waals surface area contributed by atoms with Gasteiger partial charge in [0.15, 0.2) is 0 Å². The highest BCUT2D eigenvalue weighted by Crippen LogP contribution is 2.28. The lowest BCUT2D eigenvalue weighted by atomic mass is 9.99. The van der Waals surface area contributed by atoms with E-state index in [4.69, 9.17) is 5.73 Å². The van der Waals surface area contributed by atoms with Crippen LogP contribution in [0.1, 0.15) is 33.1 Å². The Morgan fingerprint density at radius 1 is 1.58 bits per heavy atom. The third kappa shape index (κ3) is 3.00. The normalized spacial score (nSPS) is 23.7. The molecule has 2 heterocycles. The van der Waals surface area contributed by atoms with E-state index >= 15 is 0 Å². The summed E-state index contributed by atoms with van der Waals surface area (Å²) < 4.78 is 2.12. The molecule has 2 unspecified atom stereocenters. The van der Waals surface area contributed by atoms with E-state index in [0.29, 0.717) is 17.1 Å². The van der Waals surface area contributed by atoms with Gasteiger partial charge >= 0.3 is 0 Å². The SMILES string of the molecule is CCCn1ncc(N2CCC(N)CC2C)c(Br)c1=O. The van der Waals surface area contributed by atoms with E-state index in [1.165, 1.54) is 4.68 Å². The van der Waals surface area contributed by atoms with Crippen LogP contribution in [-0.2, 0) is 6.54 Å². The van der Waals surface area contributed by atoms with E-state index < -0.39 is 0 Å². The Morgan fingerprint density at radius 3 is 2.95 bits per heavy atom. The zero-order chi connectivity index (χ0) is 14.0. The van der Waals surface area contributed by atoms with Crippen molar-refractivity contribution in [2.45, 2.75) is 51.7 Å². The Bertz CT molecular complexity index is 502. The molecule has 1 saturated heterocycles. The summed E-state index contributed by atoms with van der Waals surface area (Å²) in [6, 6.07) is 0.599. The molecule has 0 spiro atoms. The van der Waals surface area contributed by atoms with Gasteiger partial charge < -0.3 is 10.6 Å². The quantitative estimate of drug-likeness (QED) is 0.917. The second-order valence-corrected chi connectivity index (χ2v) is 5.99. The minimum absolute atomic E-state index is 0.0542. The minimum atomic E-state index is -0.0542. The monoisotopic (exact) mass is 328 g/mol. The fourth-order valence-corrected chi connectivity index (χ4v) is 3.13. The number of nitrogens with two attached hydrogens (primary N) is 1. The Kier molecular flexibility index (Phi) is 4.62. The van der Waals surface area contributed by atoms with Gasteiger partial charge in [-0.05, 0) is 42.1 Å². The number of aryl methyl sites for hydroxylation is 1. The van der Waals surface area contributed by atoms with Crippen LogP contribution < -0.4 is 16.2 Å². The molecule has 0 aromatic carbocycles. The van der Waals surface area contributed by atoms with Crippen LogP contribution in [0.4, 0.5) is 5.69 Å². The zero-order valence-electron chi connectivity index (χ0n) is 11.5. The van der Waals surface area contributed by atoms with Gasteiger partial charge in [0.25, 0.3) is 5.56 Å². The first-order chi connectivity index (χ1) is 9.04. The smallest absolute Gasteiger partial charge is 0.283 e. The molecule has 0 aliphatic carbocycles. The summed E-state index contributed by atoms with van der Waals surface area (Å²) in [5.41, 5.74) is 6.81. The second-order valence-electron chi connectivity index (χ2n) is 5.20. The molecule has 1 aromatic heterocycles. The average Bonchev–Trinajstić information content (AvgIpc) is 2.37. The molecular formula is C13H21BrN4O. The van der Waals surface area contributed by atoms with E-state index in [0.717, 1.165) is 31.5 Å². The van der Waals surface area contributed by atoms with Crippen molar-refractivity contribution in [1.29, 1.82) is 0 Å². The first-order valence-electron chi connectivity index (χ1n) is 6.82. The number of piperidine rings is 1. The van der Waals surface area contributed by atoms with Crippen molar-refractivity contribution in [2.75, 3.05) is 11.4 Å². The highest BCUT2D eigenvalue weighted by molar-refractivity contribution is 9.10. The highest BCUT2D eigenvalue weighted by atomic mass is 79.9. The van der Waals surface area contributed by atoms with Crippen LogP contribution in [0.25, 0.3) is 0 Å². The number of anilines is 1. The van der Waals surface area contributed by atoms with Crippen LogP contribution in [-0.4, -0.2) is 28.4 Å². The van der Waals surface area contributed by atoms with Gasteiger partial charge in [0, 0.05) is 25.2 Å². The molecule has 106 valence electrons. The van der Waals surface area contributed by atoms with Gasteiger partial charge in [-0.1, -0.05) is 6.92 Å². The summed E-state index contributed by atoms with van der Waals surface area (Å²) in [6.07, 6.45) is 4.58. The standard InChI is InChI=1S/C13H21BrN4O/c1-3-5-18-13(19)12(14)11(8-16-18)17-6-4-10(15)7-9(17)2/h8-10H,3-7,15H2,1-2H3. The summed E-state index contributed by atoms with van der Waals surface area (Å²) in [5.74, 6) is 0.